The Kier molecular flexibility index (Phi) is 9.20. The Balaban J connectivity index is 3.25. The van der Waals surface area contributed by atoms with Crippen molar-refractivity contribution in [3.63, 3.8) is 0 Å². The van der Waals surface area contributed by atoms with Gasteiger partial charge < -0.3 is 0 Å². The van der Waals surface area contributed by atoms with Gasteiger partial charge >= 0.3 is 8.69 Å². The van der Waals surface area contributed by atoms with E-state index in [-0.39, 0.29) is 14.8 Å². The number of rotatable bonds is 8. The largest absolute Gasteiger partial charge is 0.327 e. The number of hydrogen-bond acceptors (Lipinski definition) is 2. The Hall–Kier alpha value is 0.0600. The SMILES string of the molecule is CCCCCCC(CC)OP=O. The maximum atomic E-state index is 10.1. The molecule has 0 aromatic carbocycles. The quantitative estimate of drug-likeness (QED) is 0.427. The smallest absolute Gasteiger partial charge is 0.291 e. The van der Waals surface area contributed by atoms with E-state index < -0.39 is 0 Å². The van der Waals surface area contributed by atoms with Crippen molar-refractivity contribution in [2.24, 2.45) is 0 Å². The lowest BCUT2D eigenvalue weighted by atomic mass is 10.1. The van der Waals surface area contributed by atoms with Crippen LogP contribution in [0.4, 0.5) is 0 Å². The minimum absolute atomic E-state index is 0.172. The summed E-state index contributed by atoms with van der Waals surface area (Å²) < 4.78 is 15.1. The summed E-state index contributed by atoms with van der Waals surface area (Å²) >= 11 is 0. The number of hydrogen-bond donors (Lipinski definition) is 0. The first-order valence-corrected chi connectivity index (χ1v) is 5.56. The third kappa shape index (κ3) is 6.75. The van der Waals surface area contributed by atoms with Crippen molar-refractivity contribution >= 4 is 8.69 Å². The summed E-state index contributed by atoms with van der Waals surface area (Å²) in [6, 6.07) is 0. The van der Waals surface area contributed by atoms with Crippen LogP contribution in [0.25, 0.3) is 0 Å². The molecule has 1 unspecified atom stereocenters. The van der Waals surface area contributed by atoms with Gasteiger partial charge in [-0.05, 0) is 12.8 Å². The van der Waals surface area contributed by atoms with E-state index in [9.17, 15) is 4.57 Å². The zero-order chi connectivity index (χ0) is 9.23. The van der Waals surface area contributed by atoms with E-state index in [0.29, 0.717) is 0 Å². The molecule has 0 spiro atoms. The monoisotopic (exact) mass is 190 g/mol. The summed E-state index contributed by atoms with van der Waals surface area (Å²) in [6.07, 6.45) is 7.23. The van der Waals surface area contributed by atoms with Crippen LogP contribution >= 0.6 is 8.69 Å². The van der Waals surface area contributed by atoms with Crippen LogP contribution in [0.3, 0.4) is 0 Å². The highest BCUT2D eigenvalue weighted by atomic mass is 31.1. The second-order valence-corrected chi connectivity index (χ2v) is 3.42. The summed E-state index contributed by atoms with van der Waals surface area (Å²) in [5, 5.41) is 0. The van der Waals surface area contributed by atoms with Gasteiger partial charge in [-0.15, -0.1) is 0 Å². The first-order valence-electron chi connectivity index (χ1n) is 4.83. The Morgan fingerprint density at radius 3 is 2.50 bits per heavy atom. The summed E-state index contributed by atoms with van der Waals surface area (Å²) in [4.78, 5) is 0. The highest BCUT2D eigenvalue weighted by Gasteiger charge is 2.05. The molecule has 0 aliphatic rings. The maximum Gasteiger partial charge on any atom is 0.327 e. The Bertz CT molecular complexity index is 107. The first-order chi connectivity index (χ1) is 5.85. The van der Waals surface area contributed by atoms with E-state index in [1.54, 1.807) is 0 Å². The predicted molar refractivity (Wildman–Crippen MR) is 51.5 cm³/mol. The zero-order valence-corrected chi connectivity index (χ0v) is 8.98. The number of unbranched alkanes of at least 4 members (excludes halogenated alkanes) is 3. The topological polar surface area (TPSA) is 26.3 Å². The average Bonchev–Trinajstić information content (AvgIpc) is 2.10. The molecular formula is C9H19O2P. The van der Waals surface area contributed by atoms with E-state index in [1.165, 1.54) is 25.7 Å². The molecule has 12 heavy (non-hydrogen) atoms. The van der Waals surface area contributed by atoms with Crippen LogP contribution in [-0.4, -0.2) is 6.10 Å². The van der Waals surface area contributed by atoms with Crippen molar-refractivity contribution in [1.29, 1.82) is 0 Å². The van der Waals surface area contributed by atoms with E-state index in [1.807, 2.05) is 0 Å². The lowest BCUT2D eigenvalue weighted by Gasteiger charge is -2.09. The minimum Gasteiger partial charge on any atom is -0.291 e. The minimum atomic E-state index is -0.172. The van der Waals surface area contributed by atoms with E-state index >= 15 is 0 Å². The summed E-state index contributed by atoms with van der Waals surface area (Å²) in [5.41, 5.74) is 0. The first kappa shape index (κ1) is 12.1. The van der Waals surface area contributed by atoms with Crippen molar-refractivity contribution < 1.29 is 9.09 Å². The summed E-state index contributed by atoms with van der Waals surface area (Å²) in [7, 11) is -0.172. The van der Waals surface area contributed by atoms with E-state index in [0.717, 1.165) is 12.8 Å². The van der Waals surface area contributed by atoms with Crippen LogP contribution in [0.2, 0.25) is 0 Å². The molecule has 0 aliphatic heterocycles. The molecule has 3 heteroatoms. The van der Waals surface area contributed by atoms with Crippen LogP contribution in [0.5, 0.6) is 0 Å². The van der Waals surface area contributed by atoms with Crippen molar-refractivity contribution in [2.45, 2.75) is 58.5 Å². The molecule has 2 nitrogen and oxygen atoms in total. The fourth-order valence-corrected chi connectivity index (χ4v) is 1.57. The van der Waals surface area contributed by atoms with Gasteiger partial charge in [0, 0.05) is 0 Å². The molecule has 0 radical (unpaired) electrons. The second-order valence-electron chi connectivity index (χ2n) is 3.06. The van der Waals surface area contributed by atoms with Gasteiger partial charge in [0.2, 0.25) is 0 Å². The van der Waals surface area contributed by atoms with Gasteiger partial charge in [-0.25, -0.2) is 4.57 Å². The van der Waals surface area contributed by atoms with Crippen LogP contribution in [0.15, 0.2) is 0 Å². The van der Waals surface area contributed by atoms with Gasteiger partial charge in [-0.1, -0.05) is 39.5 Å². The summed E-state index contributed by atoms with van der Waals surface area (Å²) in [5.74, 6) is 0. The van der Waals surface area contributed by atoms with Crippen LogP contribution in [0, 0.1) is 0 Å². The lowest BCUT2D eigenvalue weighted by Crippen LogP contribution is -2.05. The van der Waals surface area contributed by atoms with Crippen LogP contribution in [0.1, 0.15) is 52.4 Å². The average molecular weight is 190 g/mol. The molecular weight excluding hydrogens is 171 g/mol. The fourth-order valence-electron chi connectivity index (χ4n) is 1.19. The third-order valence-corrected chi connectivity index (χ3v) is 2.41. The van der Waals surface area contributed by atoms with Gasteiger partial charge in [0.1, 0.15) is 0 Å². The van der Waals surface area contributed by atoms with Gasteiger partial charge in [-0.2, -0.15) is 0 Å². The zero-order valence-electron chi connectivity index (χ0n) is 8.08. The molecule has 0 heterocycles. The highest BCUT2D eigenvalue weighted by molar-refractivity contribution is 7.17. The van der Waals surface area contributed by atoms with Crippen molar-refractivity contribution in [2.75, 3.05) is 0 Å². The predicted octanol–water partition coefficient (Wildman–Crippen LogP) is 3.96. The van der Waals surface area contributed by atoms with Crippen molar-refractivity contribution in [3.05, 3.63) is 0 Å². The second kappa shape index (κ2) is 9.15. The highest BCUT2D eigenvalue weighted by Crippen LogP contribution is 2.14. The Labute approximate surface area is 77.0 Å². The molecule has 0 N–H and O–H groups in total. The third-order valence-electron chi connectivity index (χ3n) is 2.03. The molecule has 0 saturated carbocycles. The molecule has 0 rings (SSSR count). The van der Waals surface area contributed by atoms with Crippen LogP contribution < -0.4 is 0 Å². The van der Waals surface area contributed by atoms with Gasteiger partial charge in [0.25, 0.3) is 0 Å². The molecule has 0 aromatic heterocycles. The maximum absolute atomic E-state index is 10.1. The molecule has 72 valence electrons. The van der Waals surface area contributed by atoms with Gasteiger partial charge in [0.05, 0.1) is 6.10 Å². The molecule has 1 atom stereocenters. The van der Waals surface area contributed by atoms with E-state index in [4.69, 9.17) is 4.52 Å². The van der Waals surface area contributed by atoms with Gasteiger partial charge in [-0.3, -0.25) is 4.52 Å². The molecule has 0 fully saturated rings. The molecule has 0 saturated heterocycles. The van der Waals surface area contributed by atoms with E-state index in [2.05, 4.69) is 13.8 Å². The fraction of sp³-hybridized carbons (Fsp3) is 1.00. The Morgan fingerprint density at radius 2 is 2.00 bits per heavy atom. The summed E-state index contributed by atoms with van der Waals surface area (Å²) in [6.45, 7) is 4.26. The standard InChI is InChI=1S/C9H19O2P/c1-3-5-6-7-8-9(4-2)11-12-10/h9H,3-8H2,1-2H3. The lowest BCUT2D eigenvalue weighted by molar-refractivity contribution is 0.203. The van der Waals surface area contributed by atoms with Gasteiger partial charge in [0.15, 0.2) is 0 Å². The van der Waals surface area contributed by atoms with Crippen LogP contribution in [-0.2, 0) is 9.09 Å². The normalized spacial score (nSPS) is 13.5. The molecule has 0 amide bonds. The molecule has 0 aromatic rings. The van der Waals surface area contributed by atoms with Crippen molar-refractivity contribution in [3.8, 4) is 0 Å². The Morgan fingerprint density at radius 1 is 1.25 bits per heavy atom. The molecule has 0 bridgehead atoms. The van der Waals surface area contributed by atoms with Crippen molar-refractivity contribution in [1.82, 2.24) is 0 Å². The molecule has 0 aliphatic carbocycles.